The van der Waals surface area contributed by atoms with E-state index in [0.29, 0.717) is 5.41 Å². The van der Waals surface area contributed by atoms with Crippen molar-refractivity contribution in [3.63, 3.8) is 0 Å². The summed E-state index contributed by atoms with van der Waals surface area (Å²) >= 11 is 0. The maximum atomic E-state index is 4.41. The van der Waals surface area contributed by atoms with Gasteiger partial charge in [-0.3, -0.25) is 4.99 Å². The van der Waals surface area contributed by atoms with Crippen LogP contribution in [0.2, 0.25) is 0 Å². The van der Waals surface area contributed by atoms with E-state index in [0.717, 1.165) is 51.1 Å². The van der Waals surface area contributed by atoms with Gasteiger partial charge in [0, 0.05) is 52.2 Å². The summed E-state index contributed by atoms with van der Waals surface area (Å²) < 4.78 is 0. The van der Waals surface area contributed by atoms with Crippen molar-refractivity contribution in [1.29, 1.82) is 0 Å². The second-order valence-electron chi connectivity index (χ2n) is 6.81. The SMILES string of the molecule is CN=C(NCCC(C)(C)C)N1CCN(c2ncccn2)CC1. The average Bonchev–Trinajstić information content (AvgIpc) is 2.52. The van der Waals surface area contributed by atoms with Crippen molar-refractivity contribution in [2.24, 2.45) is 10.4 Å². The molecule has 6 nitrogen and oxygen atoms in total. The van der Waals surface area contributed by atoms with E-state index in [4.69, 9.17) is 0 Å². The lowest BCUT2D eigenvalue weighted by atomic mass is 9.92. The molecule has 0 bridgehead atoms. The van der Waals surface area contributed by atoms with Gasteiger partial charge in [-0.2, -0.15) is 0 Å². The van der Waals surface area contributed by atoms with E-state index in [-0.39, 0.29) is 0 Å². The van der Waals surface area contributed by atoms with E-state index in [1.165, 1.54) is 0 Å². The summed E-state index contributed by atoms with van der Waals surface area (Å²) in [6.45, 7) is 11.5. The number of guanidine groups is 1. The summed E-state index contributed by atoms with van der Waals surface area (Å²) in [4.78, 5) is 17.6. The van der Waals surface area contributed by atoms with E-state index in [2.05, 4.69) is 50.8 Å². The number of aromatic nitrogens is 2. The summed E-state index contributed by atoms with van der Waals surface area (Å²) in [7, 11) is 1.85. The second-order valence-corrected chi connectivity index (χ2v) is 6.81. The molecule has 0 spiro atoms. The summed E-state index contributed by atoms with van der Waals surface area (Å²) in [5.41, 5.74) is 0.342. The minimum atomic E-state index is 0.342. The number of rotatable bonds is 3. The van der Waals surface area contributed by atoms with E-state index >= 15 is 0 Å². The van der Waals surface area contributed by atoms with Crippen molar-refractivity contribution in [1.82, 2.24) is 20.2 Å². The van der Waals surface area contributed by atoms with Crippen molar-refractivity contribution in [2.45, 2.75) is 27.2 Å². The molecule has 1 saturated heterocycles. The van der Waals surface area contributed by atoms with Crippen LogP contribution < -0.4 is 10.2 Å². The molecule has 0 aromatic carbocycles. The maximum absolute atomic E-state index is 4.41. The van der Waals surface area contributed by atoms with Crippen LogP contribution in [-0.2, 0) is 0 Å². The Kier molecular flexibility index (Phi) is 5.57. The molecule has 0 radical (unpaired) electrons. The first-order chi connectivity index (χ1) is 10.5. The van der Waals surface area contributed by atoms with Gasteiger partial charge in [-0.15, -0.1) is 0 Å². The fraction of sp³-hybridized carbons (Fsp3) is 0.688. The normalized spacial score (nSPS) is 16.8. The van der Waals surface area contributed by atoms with Crippen LogP contribution in [0.3, 0.4) is 0 Å². The van der Waals surface area contributed by atoms with Gasteiger partial charge < -0.3 is 15.1 Å². The number of nitrogens with zero attached hydrogens (tertiary/aromatic N) is 5. The van der Waals surface area contributed by atoms with Gasteiger partial charge in [0.25, 0.3) is 0 Å². The van der Waals surface area contributed by atoms with Gasteiger partial charge in [0.2, 0.25) is 5.95 Å². The Morgan fingerprint density at radius 2 is 1.82 bits per heavy atom. The van der Waals surface area contributed by atoms with Gasteiger partial charge in [-0.25, -0.2) is 9.97 Å². The molecule has 0 unspecified atom stereocenters. The molecular weight excluding hydrogens is 276 g/mol. The molecule has 0 aliphatic carbocycles. The van der Waals surface area contributed by atoms with E-state index in [1.807, 2.05) is 13.1 Å². The van der Waals surface area contributed by atoms with Gasteiger partial charge >= 0.3 is 0 Å². The number of hydrogen-bond donors (Lipinski definition) is 1. The molecule has 2 rings (SSSR count). The minimum absolute atomic E-state index is 0.342. The van der Waals surface area contributed by atoms with Crippen LogP contribution in [-0.4, -0.2) is 60.6 Å². The van der Waals surface area contributed by atoms with Crippen LogP contribution in [0.15, 0.2) is 23.5 Å². The fourth-order valence-electron chi connectivity index (χ4n) is 2.45. The first-order valence-corrected chi connectivity index (χ1v) is 7.97. The Hall–Kier alpha value is -1.85. The first kappa shape index (κ1) is 16.5. The highest BCUT2D eigenvalue weighted by atomic mass is 15.4. The molecule has 0 atom stereocenters. The number of nitrogens with one attached hydrogen (secondary N) is 1. The van der Waals surface area contributed by atoms with E-state index in [9.17, 15) is 0 Å². The van der Waals surface area contributed by atoms with Crippen LogP contribution in [0.25, 0.3) is 0 Å². The number of piperazine rings is 1. The summed E-state index contributed by atoms with van der Waals surface area (Å²) in [6, 6.07) is 1.85. The molecule has 6 heteroatoms. The topological polar surface area (TPSA) is 56.7 Å². The highest BCUT2D eigenvalue weighted by Gasteiger charge is 2.21. The molecule has 0 saturated carbocycles. The van der Waals surface area contributed by atoms with Gasteiger partial charge in [-0.05, 0) is 17.9 Å². The highest BCUT2D eigenvalue weighted by molar-refractivity contribution is 5.80. The monoisotopic (exact) mass is 304 g/mol. The Labute approximate surface area is 133 Å². The average molecular weight is 304 g/mol. The van der Waals surface area contributed by atoms with Gasteiger partial charge in [0.05, 0.1) is 0 Å². The van der Waals surface area contributed by atoms with Gasteiger partial charge in [0.1, 0.15) is 0 Å². The van der Waals surface area contributed by atoms with Crippen LogP contribution in [0, 0.1) is 5.41 Å². The fourth-order valence-corrected chi connectivity index (χ4v) is 2.45. The van der Waals surface area contributed by atoms with Crippen molar-refractivity contribution in [3.8, 4) is 0 Å². The summed E-state index contributed by atoms with van der Waals surface area (Å²) in [5, 5.41) is 3.48. The molecule has 0 amide bonds. The standard InChI is InChI=1S/C16H28N6/c1-16(2,3)6-9-20-14(17-4)21-10-12-22(13-11-21)15-18-7-5-8-19-15/h5,7-8H,6,9-13H2,1-4H3,(H,17,20). The lowest BCUT2D eigenvalue weighted by molar-refractivity contribution is 0.352. The van der Waals surface area contributed by atoms with Crippen molar-refractivity contribution in [3.05, 3.63) is 18.5 Å². The minimum Gasteiger partial charge on any atom is -0.356 e. The van der Waals surface area contributed by atoms with Crippen molar-refractivity contribution in [2.75, 3.05) is 44.7 Å². The second kappa shape index (κ2) is 7.42. The molecule has 1 aromatic heterocycles. The molecule has 1 aliphatic rings. The van der Waals surface area contributed by atoms with Crippen LogP contribution >= 0.6 is 0 Å². The molecule has 1 N–H and O–H groups in total. The Morgan fingerprint density at radius 1 is 1.18 bits per heavy atom. The third kappa shape index (κ3) is 4.86. The van der Waals surface area contributed by atoms with Gasteiger partial charge in [-0.1, -0.05) is 20.8 Å². The Morgan fingerprint density at radius 3 is 2.36 bits per heavy atom. The predicted molar refractivity (Wildman–Crippen MR) is 91.3 cm³/mol. The zero-order valence-corrected chi connectivity index (χ0v) is 14.2. The molecule has 1 fully saturated rings. The maximum Gasteiger partial charge on any atom is 0.225 e. The van der Waals surface area contributed by atoms with E-state index < -0.39 is 0 Å². The quantitative estimate of drug-likeness (QED) is 0.679. The summed E-state index contributed by atoms with van der Waals surface area (Å²) in [5.74, 6) is 1.82. The molecular formula is C16H28N6. The molecule has 1 aliphatic heterocycles. The number of aliphatic imine (C=N–C) groups is 1. The van der Waals surface area contributed by atoms with Crippen LogP contribution in [0.1, 0.15) is 27.2 Å². The van der Waals surface area contributed by atoms with Crippen molar-refractivity contribution < 1.29 is 0 Å². The van der Waals surface area contributed by atoms with E-state index in [1.54, 1.807) is 12.4 Å². The smallest absolute Gasteiger partial charge is 0.225 e. The van der Waals surface area contributed by atoms with Crippen molar-refractivity contribution >= 4 is 11.9 Å². The largest absolute Gasteiger partial charge is 0.356 e. The molecule has 1 aromatic rings. The number of anilines is 1. The third-order valence-electron chi connectivity index (χ3n) is 3.78. The number of hydrogen-bond acceptors (Lipinski definition) is 4. The summed E-state index contributed by atoms with van der Waals surface area (Å²) in [6.07, 6.45) is 4.72. The lowest BCUT2D eigenvalue weighted by Gasteiger charge is -2.36. The Bertz CT molecular complexity index is 471. The Balaban J connectivity index is 1.82. The van der Waals surface area contributed by atoms with Crippen LogP contribution in [0.5, 0.6) is 0 Å². The molecule has 122 valence electrons. The van der Waals surface area contributed by atoms with Gasteiger partial charge in [0.15, 0.2) is 5.96 Å². The third-order valence-corrected chi connectivity index (χ3v) is 3.78. The lowest BCUT2D eigenvalue weighted by Crippen LogP contribution is -2.53. The zero-order valence-electron chi connectivity index (χ0n) is 14.2. The van der Waals surface area contributed by atoms with Crippen LogP contribution in [0.4, 0.5) is 5.95 Å². The molecule has 22 heavy (non-hydrogen) atoms. The zero-order chi connectivity index (χ0) is 16.0. The molecule has 2 heterocycles. The first-order valence-electron chi connectivity index (χ1n) is 7.97. The predicted octanol–water partition coefficient (Wildman–Crippen LogP) is 1.61. The highest BCUT2D eigenvalue weighted by Crippen LogP contribution is 2.17.